The number of sulfonamides is 1. The van der Waals surface area contributed by atoms with Crippen LogP contribution in [-0.2, 0) is 14.8 Å². The summed E-state index contributed by atoms with van der Waals surface area (Å²) >= 11 is 0. The molecule has 0 aromatic heterocycles. The lowest BCUT2D eigenvalue weighted by Gasteiger charge is -2.36. The molecule has 0 aromatic rings. The maximum Gasteiger partial charge on any atom is 0.303 e. The second-order valence-electron chi connectivity index (χ2n) is 5.27. The van der Waals surface area contributed by atoms with E-state index in [-0.39, 0.29) is 24.1 Å². The summed E-state index contributed by atoms with van der Waals surface area (Å²) in [5.41, 5.74) is -0.384. The van der Waals surface area contributed by atoms with Crippen molar-refractivity contribution in [1.29, 1.82) is 0 Å². The van der Waals surface area contributed by atoms with Crippen LogP contribution < -0.4 is 4.72 Å². The lowest BCUT2D eigenvalue weighted by molar-refractivity contribution is -0.140. The molecule has 1 aliphatic carbocycles. The van der Waals surface area contributed by atoms with Gasteiger partial charge in [0.25, 0.3) is 0 Å². The Morgan fingerprint density at radius 1 is 1.28 bits per heavy atom. The third kappa shape index (κ3) is 4.94. The molecule has 0 unspecified atom stereocenters. The van der Waals surface area contributed by atoms with E-state index in [9.17, 15) is 13.2 Å². The molecule has 1 saturated carbocycles. The number of nitrogens with one attached hydrogen (secondary N) is 1. The fourth-order valence-electron chi connectivity index (χ4n) is 2.64. The zero-order valence-electron chi connectivity index (χ0n) is 10.9. The van der Waals surface area contributed by atoms with Crippen LogP contribution in [0.5, 0.6) is 0 Å². The lowest BCUT2D eigenvalue weighted by Crippen LogP contribution is -2.41. The summed E-state index contributed by atoms with van der Waals surface area (Å²) in [6.07, 6.45) is 5.32. The SMILES string of the molecule is CCCS(=O)(=O)NCC1(CC(=O)O)CCCCC1. The highest BCUT2D eigenvalue weighted by molar-refractivity contribution is 7.89. The smallest absolute Gasteiger partial charge is 0.303 e. The summed E-state index contributed by atoms with van der Waals surface area (Å²) in [6.45, 7) is 2.08. The molecule has 0 atom stereocenters. The first-order valence-electron chi connectivity index (χ1n) is 6.58. The van der Waals surface area contributed by atoms with Gasteiger partial charge in [-0.2, -0.15) is 0 Å². The standard InChI is InChI=1S/C12H23NO4S/c1-2-8-18(16,17)13-10-12(9-11(14)15)6-4-3-5-7-12/h13H,2-10H2,1H3,(H,14,15). The highest BCUT2D eigenvalue weighted by Gasteiger charge is 2.35. The zero-order valence-corrected chi connectivity index (χ0v) is 11.8. The molecule has 18 heavy (non-hydrogen) atoms. The third-order valence-corrected chi connectivity index (χ3v) is 5.11. The van der Waals surface area contributed by atoms with E-state index in [4.69, 9.17) is 5.11 Å². The summed E-state index contributed by atoms with van der Waals surface area (Å²) in [5.74, 6) is -0.734. The lowest BCUT2D eigenvalue weighted by atomic mass is 9.72. The molecular weight excluding hydrogens is 254 g/mol. The first-order chi connectivity index (χ1) is 8.39. The van der Waals surface area contributed by atoms with Crippen molar-refractivity contribution in [3.05, 3.63) is 0 Å². The number of hydrogen-bond acceptors (Lipinski definition) is 3. The Morgan fingerprint density at radius 2 is 1.89 bits per heavy atom. The molecule has 2 N–H and O–H groups in total. The van der Waals surface area contributed by atoms with Crippen LogP contribution in [0.1, 0.15) is 51.9 Å². The maximum atomic E-state index is 11.6. The minimum Gasteiger partial charge on any atom is -0.481 e. The van der Waals surface area contributed by atoms with Crippen molar-refractivity contribution in [2.75, 3.05) is 12.3 Å². The van der Waals surface area contributed by atoms with Crippen LogP contribution >= 0.6 is 0 Å². The summed E-state index contributed by atoms with van der Waals surface area (Å²) in [5, 5.41) is 8.99. The Hall–Kier alpha value is -0.620. The van der Waals surface area contributed by atoms with Crippen molar-refractivity contribution in [1.82, 2.24) is 4.72 Å². The van der Waals surface area contributed by atoms with Gasteiger partial charge in [0.05, 0.1) is 12.2 Å². The number of hydrogen-bond donors (Lipinski definition) is 2. The maximum absolute atomic E-state index is 11.6. The van der Waals surface area contributed by atoms with Gasteiger partial charge >= 0.3 is 5.97 Å². The highest BCUT2D eigenvalue weighted by atomic mass is 32.2. The Balaban J connectivity index is 2.64. The van der Waals surface area contributed by atoms with Crippen LogP contribution in [0, 0.1) is 5.41 Å². The van der Waals surface area contributed by atoms with Gasteiger partial charge in [-0.05, 0) is 24.7 Å². The Labute approximate surface area is 109 Å². The van der Waals surface area contributed by atoms with Crippen molar-refractivity contribution in [2.24, 2.45) is 5.41 Å². The quantitative estimate of drug-likeness (QED) is 0.742. The average molecular weight is 277 g/mol. The first-order valence-corrected chi connectivity index (χ1v) is 8.23. The molecular formula is C12H23NO4S. The summed E-state index contributed by atoms with van der Waals surface area (Å²) < 4.78 is 25.9. The molecule has 0 bridgehead atoms. The topological polar surface area (TPSA) is 83.5 Å². The van der Waals surface area contributed by atoms with Gasteiger partial charge in [0.15, 0.2) is 0 Å². The molecule has 1 fully saturated rings. The minimum atomic E-state index is -3.25. The van der Waals surface area contributed by atoms with E-state index in [1.54, 1.807) is 0 Å². The van der Waals surface area contributed by atoms with Crippen molar-refractivity contribution in [3.8, 4) is 0 Å². The van der Waals surface area contributed by atoms with Gasteiger partial charge in [0.1, 0.15) is 0 Å². The number of carboxylic acid groups (broad SMARTS) is 1. The van der Waals surface area contributed by atoms with E-state index < -0.39 is 16.0 Å². The second kappa shape index (κ2) is 6.52. The molecule has 0 heterocycles. The van der Waals surface area contributed by atoms with Crippen LogP contribution in [0.15, 0.2) is 0 Å². The van der Waals surface area contributed by atoms with Crippen LogP contribution in [0.2, 0.25) is 0 Å². The van der Waals surface area contributed by atoms with Crippen LogP contribution in [0.25, 0.3) is 0 Å². The molecule has 0 amide bonds. The van der Waals surface area contributed by atoms with Crippen molar-refractivity contribution in [3.63, 3.8) is 0 Å². The predicted octanol–water partition coefficient (Wildman–Crippen LogP) is 1.74. The monoisotopic (exact) mass is 277 g/mol. The molecule has 0 radical (unpaired) electrons. The molecule has 106 valence electrons. The Bertz CT molecular complexity index is 372. The van der Waals surface area contributed by atoms with E-state index in [2.05, 4.69) is 4.72 Å². The molecule has 5 nitrogen and oxygen atoms in total. The molecule has 0 aromatic carbocycles. The number of aliphatic carboxylic acids is 1. The summed E-state index contributed by atoms with van der Waals surface area (Å²) in [4.78, 5) is 10.9. The summed E-state index contributed by atoms with van der Waals surface area (Å²) in [6, 6.07) is 0. The minimum absolute atomic E-state index is 0.0572. The molecule has 6 heteroatoms. The Morgan fingerprint density at radius 3 is 2.39 bits per heavy atom. The van der Waals surface area contributed by atoms with E-state index >= 15 is 0 Å². The van der Waals surface area contributed by atoms with Gasteiger partial charge in [-0.15, -0.1) is 0 Å². The van der Waals surface area contributed by atoms with E-state index in [1.807, 2.05) is 6.92 Å². The van der Waals surface area contributed by atoms with Crippen LogP contribution in [0.4, 0.5) is 0 Å². The van der Waals surface area contributed by atoms with E-state index in [1.165, 1.54) is 0 Å². The van der Waals surface area contributed by atoms with Crippen LogP contribution in [-0.4, -0.2) is 31.8 Å². The Kier molecular flexibility index (Phi) is 5.59. The van der Waals surface area contributed by atoms with E-state index in [0.29, 0.717) is 6.42 Å². The fraction of sp³-hybridized carbons (Fsp3) is 0.917. The van der Waals surface area contributed by atoms with Crippen molar-refractivity contribution >= 4 is 16.0 Å². The fourth-order valence-corrected chi connectivity index (χ4v) is 3.85. The van der Waals surface area contributed by atoms with Gasteiger partial charge in [0, 0.05) is 6.54 Å². The van der Waals surface area contributed by atoms with Gasteiger partial charge in [-0.25, -0.2) is 13.1 Å². The summed E-state index contributed by atoms with van der Waals surface area (Å²) in [7, 11) is -3.25. The normalized spacial score (nSPS) is 19.6. The van der Waals surface area contributed by atoms with E-state index in [0.717, 1.165) is 32.1 Å². The number of carboxylic acids is 1. The highest BCUT2D eigenvalue weighted by Crippen LogP contribution is 2.38. The predicted molar refractivity (Wildman–Crippen MR) is 69.9 cm³/mol. The van der Waals surface area contributed by atoms with Gasteiger partial charge in [0.2, 0.25) is 10.0 Å². The number of rotatable bonds is 7. The molecule has 1 aliphatic rings. The number of carbonyl (C=O) groups is 1. The zero-order chi connectivity index (χ0) is 13.6. The third-order valence-electron chi connectivity index (χ3n) is 3.58. The average Bonchev–Trinajstić information content (AvgIpc) is 2.27. The largest absolute Gasteiger partial charge is 0.481 e. The van der Waals surface area contributed by atoms with Gasteiger partial charge in [-0.1, -0.05) is 26.2 Å². The van der Waals surface area contributed by atoms with Crippen LogP contribution in [0.3, 0.4) is 0 Å². The molecule has 1 rings (SSSR count). The van der Waals surface area contributed by atoms with Gasteiger partial charge < -0.3 is 5.11 Å². The van der Waals surface area contributed by atoms with Gasteiger partial charge in [-0.3, -0.25) is 4.79 Å². The first kappa shape index (κ1) is 15.4. The van der Waals surface area contributed by atoms with Crippen molar-refractivity contribution in [2.45, 2.75) is 51.9 Å². The molecule has 0 aliphatic heterocycles. The van der Waals surface area contributed by atoms with Crippen molar-refractivity contribution < 1.29 is 18.3 Å². The molecule has 0 saturated heterocycles. The second-order valence-corrected chi connectivity index (χ2v) is 7.20. The molecule has 0 spiro atoms.